The third-order valence-electron chi connectivity index (χ3n) is 2.04. The highest BCUT2D eigenvalue weighted by atomic mass is 16.6. The summed E-state index contributed by atoms with van der Waals surface area (Å²) in [6, 6.07) is -1.40. The molecule has 0 aromatic carbocycles. The normalized spacial score (nSPS) is 12.1. The first-order chi connectivity index (χ1) is 9.06. The van der Waals surface area contributed by atoms with E-state index in [-0.39, 0.29) is 12.6 Å². The van der Waals surface area contributed by atoms with E-state index in [2.05, 4.69) is 15.4 Å². The molecule has 8 heteroatoms. The predicted molar refractivity (Wildman–Crippen MR) is 72.3 cm³/mol. The van der Waals surface area contributed by atoms with Crippen molar-refractivity contribution in [2.45, 2.75) is 32.4 Å². The number of methoxy groups -OCH3 is 1. The number of carbonyl (C=O) groups is 3. The molecular formula is C12H23N3O5. The minimum atomic E-state index is -1.02. The average molecular weight is 289 g/mol. The second-order valence-corrected chi connectivity index (χ2v) is 5.30. The average Bonchev–Trinajstić information content (AvgIpc) is 2.30. The molecule has 0 radical (unpaired) electrons. The van der Waals surface area contributed by atoms with Gasteiger partial charge in [-0.05, 0) is 20.8 Å². The Bertz CT molecular complexity index is 363. The van der Waals surface area contributed by atoms with Crippen molar-refractivity contribution in [1.82, 2.24) is 15.5 Å². The molecule has 20 heavy (non-hydrogen) atoms. The highest BCUT2D eigenvalue weighted by molar-refractivity contribution is 5.82. The van der Waals surface area contributed by atoms with E-state index in [0.717, 1.165) is 0 Å². The number of carbonyl (C=O) groups excluding carboxylic acids is 3. The summed E-state index contributed by atoms with van der Waals surface area (Å²) in [7, 11) is 4.31. The third kappa shape index (κ3) is 7.45. The van der Waals surface area contributed by atoms with E-state index in [1.165, 1.54) is 12.0 Å². The molecule has 116 valence electrons. The van der Waals surface area contributed by atoms with Crippen molar-refractivity contribution in [1.29, 1.82) is 0 Å². The Labute approximate surface area is 118 Å². The second kappa shape index (κ2) is 7.56. The van der Waals surface area contributed by atoms with Crippen LogP contribution in [0.25, 0.3) is 0 Å². The highest BCUT2D eigenvalue weighted by Gasteiger charge is 2.25. The molecule has 0 bridgehead atoms. The molecular weight excluding hydrogens is 266 g/mol. The molecule has 0 aliphatic carbocycles. The fourth-order valence-corrected chi connectivity index (χ4v) is 1.13. The fourth-order valence-electron chi connectivity index (χ4n) is 1.13. The number of rotatable bonds is 4. The van der Waals surface area contributed by atoms with Crippen LogP contribution in [0.2, 0.25) is 0 Å². The molecule has 0 fully saturated rings. The SMILES string of the molecule is COC(=O)C(CNC(=O)N(C)C)NC(=O)OC(C)(C)C. The molecule has 3 amide bonds. The van der Waals surface area contributed by atoms with Crippen LogP contribution in [-0.4, -0.2) is 62.4 Å². The van der Waals surface area contributed by atoms with Crippen molar-refractivity contribution in [3.63, 3.8) is 0 Å². The highest BCUT2D eigenvalue weighted by Crippen LogP contribution is 2.06. The molecule has 0 heterocycles. The molecule has 0 rings (SSSR count). The Morgan fingerprint density at radius 3 is 2.15 bits per heavy atom. The smallest absolute Gasteiger partial charge is 0.408 e. The van der Waals surface area contributed by atoms with Gasteiger partial charge in [-0.1, -0.05) is 0 Å². The van der Waals surface area contributed by atoms with Gasteiger partial charge in [-0.15, -0.1) is 0 Å². The van der Waals surface area contributed by atoms with E-state index in [1.807, 2.05) is 0 Å². The van der Waals surface area contributed by atoms with Crippen LogP contribution in [0.15, 0.2) is 0 Å². The van der Waals surface area contributed by atoms with E-state index in [1.54, 1.807) is 34.9 Å². The molecule has 0 spiro atoms. The van der Waals surface area contributed by atoms with Crippen molar-refractivity contribution in [2.75, 3.05) is 27.7 Å². The summed E-state index contributed by atoms with van der Waals surface area (Å²) in [6.45, 7) is 5.01. The zero-order valence-corrected chi connectivity index (χ0v) is 12.8. The Kier molecular flexibility index (Phi) is 6.81. The lowest BCUT2D eigenvalue weighted by atomic mass is 10.2. The van der Waals surface area contributed by atoms with Crippen molar-refractivity contribution in [3.05, 3.63) is 0 Å². The van der Waals surface area contributed by atoms with Crippen molar-refractivity contribution < 1.29 is 23.9 Å². The van der Waals surface area contributed by atoms with E-state index in [9.17, 15) is 14.4 Å². The zero-order chi connectivity index (χ0) is 15.9. The number of esters is 1. The number of alkyl carbamates (subject to hydrolysis) is 1. The maximum absolute atomic E-state index is 11.6. The minimum Gasteiger partial charge on any atom is -0.467 e. The van der Waals surface area contributed by atoms with Crippen LogP contribution in [0, 0.1) is 0 Å². The van der Waals surface area contributed by atoms with Gasteiger partial charge in [0, 0.05) is 14.1 Å². The minimum absolute atomic E-state index is 0.0943. The van der Waals surface area contributed by atoms with E-state index in [0.29, 0.717) is 0 Å². The van der Waals surface area contributed by atoms with Crippen molar-refractivity contribution in [2.24, 2.45) is 0 Å². The van der Waals surface area contributed by atoms with Gasteiger partial charge in [0.2, 0.25) is 0 Å². The lowest BCUT2D eigenvalue weighted by Crippen LogP contribution is -2.51. The first-order valence-electron chi connectivity index (χ1n) is 6.09. The summed E-state index contributed by atoms with van der Waals surface area (Å²) >= 11 is 0. The third-order valence-corrected chi connectivity index (χ3v) is 2.04. The Morgan fingerprint density at radius 1 is 1.20 bits per heavy atom. The topological polar surface area (TPSA) is 97.0 Å². The van der Waals surface area contributed by atoms with Gasteiger partial charge in [0.25, 0.3) is 0 Å². The number of nitrogens with one attached hydrogen (secondary N) is 2. The number of amides is 3. The van der Waals surface area contributed by atoms with Crippen LogP contribution in [-0.2, 0) is 14.3 Å². The summed E-state index contributed by atoms with van der Waals surface area (Å²) in [6.07, 6.45) is -0.757. The largest absolute Gasteiger partial charge is 0.467 e. The predicted octanol–water partition coefficient (Wildman–Crippen LogP) is 0.324. The molecule has 0 saturated heterocycles. The summed E-state index contributed by atoms with van der Waals surface area (Å²) in [5.74, 6) is -0.671. The van der Waals surface area contributed by atoms with Gasteiger partial charge in [-0.2, -0.15) is 0 Å². The molecule has 8 nitrogen and oxygen atoms in total. The van der Waals surface area contributed by atoms with Crippen LogP contribution >= 0.6 is 0 Å². The van der Waals surface area contributed by atoms with Gasteiger partial charge in [0.15, 0.2) is 0 Å². The quantitative estimate of drug-likeness (QED) is 0.727. The molecule has 0 aromatic rings. The summed E-state index contributed by atoms with van der Waals surface area (Å²) in [5.41, 5.74) is -0.683. The monoisotopic (exact) mass is 289 g/mol. The molecule has 1 unspecified atom stereocenters. The molecule has 0 aliphatic heterocycles. The summed E-state index contributed by atoms with van der Waals surface area (Å²) < 4.78 is 9.60. The Morgan fingerprint density at radius 2 is 1.75 bits per heavy atom. The van der Waals surface area contributed by atoms with Gasteiger partial charge in [-0.25, -0.2) is 14.4 Å². The molecule has 1 atom stereocenters. The molecule has 2 N–H and O–H groups in total. The zero-order valence-electron chi connectivity index (χ0n) is 12.8. The lowest BCUT2D eigenvalue weighted by molar-refractivity contribution is -0.142. The number of nitrogens with zero attached hydrogens (tertiary/aromatic N) is 1. The summed E-state index contributed by atoms with van der Waals surface area (Å²) in [4.78, 5) is 35.8. The Hall–Kier alpha value is -1.99. The second-order valence-electron chi connectivity index (χ2n) is 5.30. The van der Waals surface area contributed by atoms with Crippen LogP contribution < -0.4 is 10.6 Å². The van der Waals surface area contributed by atoms with Gasteiger partial charge in [0.1, 0.15) is 11.6 Å². The first kappa shape index (κ1) is 18.0. The van der Waals surface area contributed by atoms with Gasteiger partial charge in [-0.3, -0.25) is 0 Å². The standard InChI is InChI=1S/C12H23N3O5/c1-12(2,3)20-11(18)14-8(9(16)19-6)7-13-10(17)15(4)5/h8H,7H2,1-6H3,(H,13,17)(H,14,18). The fraction of sp³-hybridized carbons (Fsp3) is 0.750. The van der Waals surface area contributed by atoms with Crippen LogP contribution in [0.3, 0.4) is 0 Å². The van der Waals surface area contributed by atoms with Crippen molar-refractivity contribution >= 4 is 18.1 Å². The van der Waals surface area contributed by atoms with Crippen LogP contribution in [0.5, 0.6) is 0 Å². The van der Waals surface area contributed by atoms with Crippen LogP contribution in [0.1, 0.15) is 20.8 Å². The van der Waals surface area contributed by atoms with Gasteiger partial charge < -0.3 is 25.0 Å². The first-order valence-corrected chi connectivity index (χ1v) is 6.09. The molecule has 0 aromatic heterocycles. The molecule has 0 saturated carbocycles. The van der Waals surface area contributed by atoms with Crippen LogP contribution in [0.4, 0.5) is 9.59 Å². The Balaban J connectivity index is 4.54. The van der Waals surface area contributed by atoms with Gasteiger partial charge in [0.05, 0.1) is 13.7 Å². The van der Waals surface area contributed by atoms with E-state index in [4.69, 9.17) is 4.74 Å². The van der Waals surface area contributed by atoms with Crippen molar-refractivity contribution in [3.8, 4) is 0 Å². The van der Waals surface area contributed by atoms with E-state index < -0.39 is 23.7 Å². The maximum Gasteiger partial charge on any atom is 0.408 e. The van der Waals surface area contributed by atoms with Gasteiger partial charge >= 0.3 is 18.1 Å². The maximum atomic E-state index is 11.6. The number of hydrogen-bond donors (Lipinski definition) is 2. The number of hydrogen-bond acceptors (Lipinski definition) is 5. The summed E-state index contributed by atoms with van der Waals surface area (Å²) in [5, 5.41) is 4.83. The number of urea groups is 1. The van der Waals surface area contributed by atoms with E-state index >= 15 is 0 Å². The number of ether oxygens (including phenoxy) is 2. The lowest BCUT2D eigenvalue weighted by Gasteiger charge is -2.23. The molecule has 0 aliphatic rings.